The molecule has 1 aliphatic rings. The van der Waals surface area contributed by atoms with Crippen LogP contribution in [0.2, 0.25) is 10.0 Å². The summed E-state index contributed by atoms with van der Waals surface area (Å²) in [6.45, 7) is 7.35. The van der Waals surface area contributed by atoms with E-state index in [1.165, 1.54) is 25.4 Å². The first-order valence-electron chi connectivity index (χ1n) is 12.2. The molecule has 4 rings (SSSR count). The van der Waals surface area contributed by atoms with Crippen LogP contribution in [0.3, 0.4) is 0 Å². The van der Waals surface area contributed by atoms with Crippen molar-refractivity contribution in [3.8, 4) is 11.5 Å². The topological polar surface area (TPSA) is 95.1 Å². The summed E-state index contributed by atoms with van der Waals surface area (Å²) < 4.78 is 10.5. The summed E-state index contributed by atoms with van der Waals surface area (Å²) in [6, 6.07) is 10.9. The lowest BCUT2D eigenvalue weighted by molar-refractivity contribution is 0.258. The number of nitrogens with one attached hydrogen (secondary N) is 2. The Labute approximate surface area is 232 Å². The van der Waals surface area contributed by atoms with Crippen molar-refractivity contribution in [2.24, 2.45) is 0 Å². The molecule has 202 valence electrons. The maximum absolute atomic E-state index is 13.1. The Morgan fingerprint density at radius 2 is 1.71 bits per heavy atom. The number of carbonyl (C=O) groups excluding carboxylic acids is 1. The van der Waals surface area contributed by atoms with E-state index >= 15 is 0 Å². The lowest BCUT2D eigenvalue weighted by Crippen LogP contribution is -2.46. The molecule has 0 atom stereocenters. The van der Waals surface area contributed by atoms with Gasteiger partial charge in [-0.1, -0.05) is 36.2 Å². The van der Waals surface area contributed by atoms with E-state index in [1.807, 2.05) is 12.1 Å². The third-order valence-electron chi connectivity index (χ3n) is 6.41. The summed E-state index contributed by atoms with van der Waals surface area (Å²) in [5, 5.41) is 6.34. The molecule has 12 heteroatoms. The van der Waals surface area contributed by atoms with Crippen molar-refractivity contribution in [2.75, 3.05) is 74.4 Å². The minimum absolute atomic E-state index is 0.154. The maximum atomic E-state index is 13.1. The fourth-order valence-electron chi connectivity index (χ4n) is 4.14. The lowest BCUT2D eigenvalue weighted by Gasteiger charge is -2.35. The quantitative estimate of drug-likeness (QED) is 0.381. The number of hydrogen-bond donors (Lipinski definition) is 2. The van der Waals surface area contributed by atoms with Gasteiger partial charge < -0.3 is 29.9 Å². The minimum Gasteiger partial charge on any atom is -0.495 e. The number of likely N-dealkylation sites (N-methyl/N-ethyl adjacent to an activating group) is 1. The standard InChI is InChI=1S/C26H31Cl2N7O3/c1-5-34-9-11-35(12-10-34)18-8-6-7-17(13-18)31-21-15-22(30-16-29-21)33(2)26(36)32-25-23(27)19(37-3)14-20(38-4)24(25)28/h6-8,13-16H,5,9-12H2,1-4H3,(H,32,36)(H,29,30,31). The Balaban J connectivity index is 1.47. The molecule has 1 saturated heterocycles. The molecule has 1 aliphatic heterocycles. The van der Waals surface area contributed by atoms with Gasteiger partial charge in [0.2, 0.25) is 0 Å². The van der Waals surface area contributed by atoms with Gasteiger partial charge in [-0.2, -0.15) is 0 Å². The second-order valence-corrected chi connectivity index (χ2v) is 9.39. The number of methoxy groups -OCH3 is 2. The van der Waals surface area contributed by atoms with Crippen LogP contribution in [-0.2, 0) is 0 Å². The van der Waals surface area contributed by atoms with Gasteiger partial charge in [-0.25, -0.2) is 14.8 Å². The molecule has 2 heterocycles. The van der Waals surface area contributed by atoms with Crippen molar-refractivity contribution in [1.29, 1.82) is 0 Å². The molecule has 0 radical (unpaired) electrons. The first-order valence-corrected chi connectivity index (χ1v) is 12.9. The monoisotopic (exact) mass is 559 g/mol. The number of halogens is 2. The van der Waals surface area contributed by atoms with Crippen molar-refractivity contribution in [3.63, 3.8) is 0 Å². The molecule has 38 heavy (non-hydrogen) atoms. The van der Waals surface area contributed by atoms with Gasteiger partial charge in [-0.05, 0) is 24.7 Å². The normalized spacial score (nSPS) is 13.7. The second-order valence-electron chi connectivity index (χ2n) is 8.63. The van der Waals surface area contributed by atoms with E-state index in [0.717, 1.165) is 44.1 Å². The van der Waals surface area contributed by atoms with Gasteiger partial charge in [0.15, 0.2) is 0 Å². The highest BCUT2D eigenvalue weighted by Crippen LogP contribution is 2.44. The zero-order valence-corrected chi connectivity index (χ0v) is 23.3. The van der Waals surface area contributed by atoms with Crippen LogP contribution in [0.4, 0.5) is 33.5 Å². The fraction of sp³-hybridized carbons (Fsp3) is 0.346. The molecule has 1 aromatic heterocycles. The Morgan fingerprint density at radius 3 is 2.34 bits per heavy atom. The van der Waals surface area contributed by atoms with Crippen LogP contribution in [-0.4, -0.2) is 74.9 Å². The molecule has 2 aromatic carbocycles. The Morgan fingerprint density at radius 1 is 1.03 bits per heavy atom. The zero-order valence-electron chi connectivity index (χ0n) is 21.8. The van der Waals surface area contributed by atoms with Crippen LogP contribution in [0.15, 0.2) is 42.7 Å². The number of amides is 2. The van der Waals surface area contributed by atoms with Crippen LogP contribution in [0.1, 0.15) is 6.92 Å². The van der Waals surface area contributed by atoms with Gasteiger partial charge in [0.05, 0.1) is 19.9 Å². The molecule has 0 aliphatic carbocycles. The van der Waals surface area contributed by atoms with E-state index < -0.39 is 6.03 Å². The lowest BCUT2D eigenvalue weighted by atomic mass is 10.2. The Kier molecular flexibility index (Phi) is 8.98. The summed E-state index contributed by atoms with van der Waals surface area (Å²) in [6.07, 6.45) is 1.39. The summed E-state index contributed by atoms with van der Waals surface area (Å²) in [7, 11) is 4.50. The number of piperazine rings is 1. The van der Waals surface area contributed by atoms with E-state index in [1.54, 1.807) is 19.2 Å². The van der Waals surface area contributed by atoms with Crippen molar-refractivity contribution < 1.29 is 14.3 Å². The van der Waals surface area contributed by atoms with Crippen LogP contribution in [0.25, 0.3) is 0 Å². The molecular formula is C26H31Cl2N7O3. The van der Waals surface area contributed by atoms with Crippen LogP contribution < -0.4 is 29.9 Å². The predicted molar refractivity (Wildman–Crippen MR) is 153 cm³/mol. The van der Waals surface area contributed by atoms with Crippen molar-refractivity contribution >= 4 is 57.9 Å². The van der Waals surface area contributed by atoms with Gasteiger partial charge in [0.25, 0.3) is 0 Å². The van der Waals surface area contributed by atoms with Crippen LogP contribution in [0, 0.1) is 0 Å². The van der Waals surface area contributed by atoms with Crippen molar-refractivity contribution in [3.05, 3.63) is 52.8 Å². The van der Waals surface area contributed by atoms with Gasteiger partial charge >= 0.3 is 6.03 Å². The van der Waals surface area contributed by atoms with E-state index in [2.05, 4.69) is 49.5 Å². The highest BCUT2D eigenvalue weighted by Gasteiger charge is 2.22. The Bertz CT molecular complexity index is 1260. The number of benzene rings is 2. The molecular weight excluding hydrogens is 529 g/mol. The van der Waals surface area contributed by atoms with Gasteiger partial charge in [-0.15, -0.1) is 0 Å². The first kappa shape index (κ1) is 27.6. The smallest absolute Gasteiger partial charge is 0.327 e. The molecule has 0 spiro atoms. The number of ether oxygens (including phenoxy) is 2. The molecule has 1 fully saturated rings. The summed E-state index contributed by atoms with van der Waals surface area (Å²) in [5.41, 5.74) is 2.21. The highest BCUT2D eigenvalue weighted by atomic mass is 35.5. The fourth-order valence-corrected chi connectivity index (χ4v) is 4.73. The zero-order chi connectivity index (χ0) is 27.2. The average molecular weight is 560 g/mol. The summed E-state index contributed by atoms with van der Waals surface area (Å²) >= 11 is 12.8. The van der Waals surface area contributed by atoms with E-state index in [4.69, 9.17) is 32.7 Å². The number of aromatic nitrogens is 2. The molecule has 10 nitrogen and oxygen atoms in total. The van der Waals surface area contributed by atoms with Gasteiger partial charge in [-0.3, -0.25) is 4.90 Å². The number of carbonyl (C=O) groups is 1. The van der Waals surface area contributed by atoms with Crippen LogP contribution in [0.5, 0.6) is 11.5 Å². The first-order chi connectivity index (χ1) is 18.3. The number of urea groups is 1. The van der Waals surface area contributed by atoms with Crippen molar-refractivity contribution in [2.45, 2.75) is 6.92 Å². The summed E-state index contributed by atoms with van der Waals surface area (Å²) in [4.78, 5) is 27.8. The third kappa shape index (κ3) is 6.15. The molecule has 2 amide bonds. The number of rotatable bonds is 8. The average Bonchev–Trinajstić information content (AvgIpc) is 2.95. The number of anilines is 5. The number of hydrogen-bond acceptors (Lipinski definition) is 8. The molecule has 3 aromatic rings. The third-order valence-corrected chi connectivity index (χ3v) is 7.16. The van der Waals surface area contributed by atoms with Gasteiger partial charge in [0.1, 0.15) is 39.5 Å². The summed E-state index contributed by atoms with van der Waals surface area (Å²) in [5.74, 6) is 1.54. The predicted octanol–water partition coefficient (Wildman–Crippen LogP) is 5.35. The van der Waals surface area contributed by atoms with Crippen molar-refractivity contribution in [1.82, 2.24) is 14.9 Å². The number of nitrogens with zero attached hydrogens (tertiary/aromatic N) is 5. The SMILES string of the molecule is CCN1CCN(c2cccc(Nc3cc(N(C)C(=O)Nc4c(Cl)c(OC)cc(OC)c4Cl)ncn3)c2)CC1. The second kappa shape index (κ2) is 12.4. The van der Waals surface area contributed by atoms with E-state index in [0.29, 0.717) is 23.1 Å². The van der Waals surface area contributed by atoms with Crippen LogP contribution >= 0.6 is 23.2 Å². The van der Waals surface area contributed by atoms with E-state index in [-0.39, 0.29) is 15.7 Å². The highest BCUT2D eigenvalue weighted by molar-refractivity contribution is 6.41. The molecule has 2 N–H and O–H groups in total. The van der Waals surface area contributed by atoms with E-state index in [9.17, 15) is 4.79 Å². The minimum atomic E-state index is -0.512. The molecule has 0 saturated carbocycles. The Hall–Kier alpha value is -3.47. The van der Waals surface area contributed by atoms with Gasteiger partial charge in [0, 0.05) is 56.7 Å². The molecule has 0 unspecified atom stereocenters. The molecule has 0 bridgehead atoms. The maximum Gasteiger partial charge on any atom is 0.327 e. The largest absolute Gasteiger partial charge is 0.495 e.